The highest BCUT2D eigenvalue weighted by Crippen LogP contribution is 2.21. The summed E-state index contributed by atoms with van der Waals surface area (Å²) in [7, 11) is 1.78. The third-order valence-corrected chi connectivity index (χ3v) is 3.10. The Labute approximate surface area is 99.8 Å². The molecule has 0 N–H and O–H groups in total. The van der Waals surface area contributed by atoms with Crippen LogP contribution in [0.4, 0.5) is 0 Å². The Hall–Kier alpha value is -0.820. The highest BCUT2D eigenvalue weighted by molar-refractivity contribution is 5.18. The van der Waals surface area contributed by atoms with Crippen LogP contribution in [0.1, 0.15) is 50.5 Å². The summed E-state index contributed by atoms with van der Waals surface area (Å²) in [6.07, 6.45) is 6.48. The van der Waals surface area contributed by atoms with Crippen LogP contribution in [0, 0.1) is 0 Å². The van der Waals surface area contributed by atoms with Gasteiger partial charge in [-0.2, -0.15) is 0 Å². The summed E-state index contributed by atoms with van der Waals surface area (Å²) < 4.78 is 5.04. The zero-order valence-electron chi connectivity index (χ0n) is 10.6. The van der Waals surface area contributed by atoms with E-state index in [0.717, 1.165) is 6.61 Å². The topological polar surface area (TPSA) is 9.23 Å². The van der Waals surface area contributed by atoms with Gasteiger partial charge < -0.3 is 4.74 Å². The lowest BCUT2D eigenvalue weighted by Crippen LogP contribution is -1.94. The molecule has 1 rings (SSSR count). The predicted molar refractivity (Wildman–Crippen MR) is 69.8 cm³/mol. The van der Waals surface area contributed by atoms with Gasteiger partial charge in [0.2, 0.25) is 0 Å². The summed E-state index contributed by atoms with van der Waals surface area (Å²) >= 11 is 0. The SMILES string of the molecule is COCCCCCCC(C)c1ccccc1. The first kappa shape index (κ1) is 13.2. The van der Waals surface area contributed by atoms with E-state index in [0.29, 0.717) is 5.92 Å². The monoisotopic (exact) mass is 220 g/mol. The fourth-order valence-corrected chi connectivity index (χ4v) is 2.00. The van der Waals surface area contributed by atoms with Crippen molar-refractivity contribution < 1.29 is 4.74 Å². The molecular formula is C15H24O. The van der Waals surface area contributed by atoms with Gasteiger partial charge in [-0.1, -0.05) is 56.5 Å². The molecule has 1 aromatic rings. The second-order valence-corrected chi connectivity index (χ2v) is 4.51. The third-order valence-electron chi connectivity index (χ3n) is 3.10. The van der Waals surface area contributed by atoms with Crippen molar-refractivity contribution in [1.82, 2.24) is 0 Å². The lowest BCUT2D eigenvalue weighted by molar-refractivity contribution is 0.192. The summed E-state index contributed by atoms with van der Waals surface area (Å²) in [6, 6.07) is 10.8. The molecule has 1 nitrogen and oxygen atoms in total. The van der Waals surface area contributed by atoms with Crippen LogP contribution >= 0.6 is 0 Å². The largest absolute Gasteiger partial charge is 0.385 e. The zero-order valence-corrected chi connectivity index (χ0v) is 10.6. The van der Waals surface area contributed by atoms with Crippen molar-refractivity contribution in [2.75, 3.05) is 13.7 Å². The first-order chi connectivity index (χ1) is 7.84. The van der Waals surface area contributed by atoms with Gasteiger partial charge in [-0.15, -0.1) is 0 Å². The van der Waals surface area contributed by atoms with E-state index in [4.69, 9.17) is 4.74 Å². The van der Waals surface area contributed by atoms with E-state index in [-0.39, 0.29) is 0 Å². The van der Waals surface area contributed by atoms with Crippen LogP contribution in [0.2, 0.25) is 0 Å². The molecule has 1 atom stereocenters. The zero-order chi connectivity index (χ0) is 11.6. The van der Waals surface area contributed by atoms with Gasteiger partial charge in [0.1, 0.15) is 0 Å². The number of unbranched alkanes of at least 4 members (excludes halogenated alkanes) is 3. The van der Waals surface area contributed by atoms with Crippen molar-refractivity contribution >= 4 is 0 Å². The molecule has 0 spiro atoms. The van der Waals surface area contributed by atoms with Gasteiger partial charge in [-0.05, 0) is 24.3 Å². The van der Waals surface area contributed by atoms with Crippen molar-refractivity contribution in [2.45, 2.75) is 44.9 Å². The van der Waals surface area contributed by atoms with Gasteiger partial charge in [0.15, 0.2) is 0 Å². The van der Waals surface area contributed by atoms with Gasteiger partial charge in [0.05, 0.1) is 0 Å². The molecule has 1 heteroatoms. The number of rotatable bonds is 8. The average molecular weight is 220 g/mol. The Balaban J connectivity index is 2.09. The summed E-state index contributed by atoms with van der Waals surface area (Å²) in [5, 5.41) is 0. The fourth-order valence-electron chi connectivity index (χ4n) is 2.00. The molecule has 0 aliphatic carbocycles. The first-order valence-electron chi connectivity index (χ1n) is 6.38. The van der Waals surface area contributed by atoms with Gasteiger partial charge in [0, 0.05) is 13.7 Å². The second-order valence-electron chi connectivity index (χ2n) is 4.51. The lowest BCUT2D eigenvalue weighted by atomic mass is 9.95. The minimum Gasteiger partial charge on any atom is -0.385 e. The van der Waals surface area contributed by atoms with Crippen molar-refractivity contribution in [2.24, 2.45) is 0 Å². The molecule has 0 amide bonds. The minimum atomic E-state index is 0.698. The Morgan fingerprint density at radius 2 is 1.69 bits per heavy atom. The molecule has 1 unspecified atom stereocenters. The lowest BCUT2D eigenvalue weighted by Gasteiger charge is -2.11. The Kier molecular flexibility index (Phi) is 6.91. The molecule has 0 aromatic heterocycles. The van der Waals surface area contributed by atoms with Crippen molar-refractivity contribution in [1.29, 1.82) is 0 Å². The fraction of sp³-hybridized carbons (Fsp3) is 0.600. The first-order valence-corrected chi connectivity index (χ1v) is 6.38. The van der Waals surface area contributed by atoms with E-state index in [1.54, 1.807) is 7.11 Å². The average Bonchev–Trinajstić information content (AvgIpc) is 2.34. The molecule has 0 saturated heterocycles. The molecule has 0 aliphatic rings. The molecule has 0 bridgehead atoms. The molecule has 0 saturated carbocycles. The van der Waals surface area contributed by atoms with Crippen LogP contribution in [0.15, 0.2) is 30.3 Å². The summed E-state index contributed by atoms with van der Waals surface area (Å²) in [6.45, 7) is 3.23. The smallest absolute Gasteiger partial charge is 0.0462 e. The van der Waals surface area contributed by atoms with E-state index in [2.05, 4.69) is 37.3 Å². The Morgan fingerprint density at radius 1 is 1.00 bits per heavy atom. The van der Waals surface area contributed by atoms with Gasteiger partial charge in [0.25, 0.3) is 0 Å². The van der Waals surface area contributed by atoms with Crippen LogP contribution in [-0.2, 0) is 4.74 Å². The van der Waals surface area contributed by atoms with E-state index < -0.39 is 0 Å². The van der Waals surface area contributed by atoms with Crippen LogP contribution < -0.4 is 0 Å². The third kappa shape index (κ3) is 5.32. The summed E-state index contributed by atoms with van der Waals surface area (Å²) in [4.78, 5) is 0. The maximum atomic E-state index is 5.04. The van der Waals surface area contributed by atoms with Crippen LogP contribution in [-0.4, -0.2) is 13.7 Å². The number of benzene rings is 1. The van der Waals surface area contributed by atoms with Crippen LogP contribution in [0.5, 0.6) is 0 Å². The molecule has 1 aromatic carbocycles. The molecule has 0 radical (unpaired) electrons. The molecule has 16 heavy (non-hydrogen) atoms. The van der Waals surface area contributed by atoms with Crippen molar-refractivity contribution in [3.8, 4) is 0 Å². The van der Waals surface area contributed by atoms with E-state index >= 15 is 0 Å². The van der Waals surface area contributed by atoms with E-state index in [9.17, 15) is 0 Å². The van der Waals surface area contributed by atoms with Gasteiger partial charge >= 0.3 is 0 Å². The van der Waals surface area contributed by atoms with Crippen LogP contribution in [0.25, 0.3) is 0 Å². The molecule has 0 heterocycles. The van der Waals surface area contributed by atoms with Gasteiger partial charge in [-0.25, -0.2) is 0 Å². The summed E-state index contributed by atoms with van der Waals surface area (Å²) in [5.41, 5.74) is 1.47. The van der Waals surface area contributed by atoms with Crippen molar-refractivity contribution in [3.05, 3.63) is 35.9 Å². The maximum Gasteiger partial charge on any atom is 0.0462 e. The number of hydrogen-bond donors (Lipinski definition) is 0. The van der Waals surface area contributed by atoms with Crippen molar-refractivity contribution in [3.63, 3.8) is 0 Å². The highest BCUT2D eigenvalue weighted by Gasteiger charge is 2.03. The summed E-state index contributed by atoms with van der Waals surface area (Å²) in [5.74, 6) is 0.698. The van der Waals surface area contributed by atoms with Crippen LogP contribution in [0.3, 0.4) is 0 Å². The molecular weight excluding hydrogens is 196 g/mol. The molecule has 0 fully saturated rings. The number of hydrogen-bond acceptors (Lipinski definition) is 1. The standard InChI is InChI=1S/C15H24O/c1-14(15-11-7-5-8-12-15)10-6-3-4-9-13-16-2/h5,7-8,11-12,14H,3-4,6,9-10,13H2,1-2H3. The van der Waals surface area contributed by atoms with E-state index in [1.165, 1.54) is 37.7 Å². The normalized spacial score (nSPS) is 12.6. The maximum absolute atomic E-state index is 5.04. The predicted octanol–water partition coefficient (Wildman–Crippen LogP) is 4.39. The van der Waals surface area contributed by atoms with Gasteiger partial charge in [-0.3, -0.25) is 0 Å². The number of methoxy groups -OCH3 is 1. The Bertz CT molecular complexity index is 255. The quantitative estimate of drug-likeness (QED) is 0.590. The second kappa shape index (κ2) is 8.35. The van der Waals surface area contributed by atoms with E-state index in [1.807, 2.05) is 0 Å². The number of ether oxygens (including phenoxy) is 1. The molecule has 90 valence electrons. The Morgan fingerprint density at radius 3 is 2.38 bits per heavy atom. The molecule has 0 aliphatic heterocycles. The highest BCUT2D eigenvalue weighted by atomic mass is 16.5. The minimum absolute atomic E-state index is 0.698.